The number of hydrogen-bond acceptors (Lipinski definition) is 3. The summed E-state index contributed by atoms with van der Waals surface area (Å²) in [6, 6.07) is 20.6. The van der Waals surface area contributed by atoms with Crippen LogP contribution in [0.25, 0.3) is 21.9 Å². The maximum Gasteiger partial charge on any atom is 0.264 e. The van der Waals surface area contributed by atoms with Crippen LogP contribution < -0.4 is 5.73 Å². The van der Waals surface area contributed by atoms with E-state index in [9.17, 15) is 4.79 Å². The molecule has 4 rings (SSSR count). The van der Waals surface area contributed by atoms with Gasteiger partial charge in [0.1, 0.15) is 5.82 Å². The smallest absolute Gasteiger partial charge is 0.264 e. The molecular weight excluding hydrogens is 274 g/mol. The lowest BCUT2D eigenvalue weighted by molar-refractivity contribution is 0.0969. The zero-order valence-electron chi connectivity index (χ0n) is 11.7. The molecule has 0 amide bonds. The summed E-state index contributed by atoms with van der Waals surface area (Å²) >= 11 is 0. The highest BCUT2D eigenvalue weighted by Gasteiger charge is 2.18. The van der Waals surface area contributed by atoms with Crippen LogP contribution in [-0.4, -0.2) is 15.5 Å². The number of carbonyl (C=O) groups is 1. The van der Waals surface area contributed by atoms with Crippen molar-refractivity contribution >= 4 is 33.7 Å². The van der Waals surface area contributed by atoms with Gasteiger partial charge in [-0.3, -0.25) is 9.36 Å². The van der Waals surface area contributed by atoms with E-state index in [4.69, 9.17) is 5.73 Å². The topological polar surface area (TPSA) is 60.9 Å². The van der Waals surface area contributed by atoms with E-state index in [1.807, 2.05) is 48.5 Å². The van der Waals surface area contributed by atoms with Crippen molar-refractivity contribution in [1.29, 1.82) is 0 Å². The molecule has 0 aliphatic carbocycles. The first-order chi connectivity index (χ1) is 10.8. The van der Waals surface area contributed by atoms with E-state index in [1.165, 1.54) is 0 Å². The number of hydrogen-bond donors (Lipinski definition) is 1. The van der Waals surface area contributed by atoms with Gasteiger partial charge in [0.05, 0.1) is 5.52 Å². The quantitative estimate of drug-likeness (QED) is 0.583. The van der Waals surface area contributed by atoms with Crippen LogP contribution in [0.1, 0.15) is 10.4 Å². The Morgan fingerprint density at radius 1 is 0.864 bits per heavy atom. The Labute approximate surface area is 126 Å². The number of benzene rings is 2. The van der Waals surface area contributed by atoms with Crippen molar-refractivity contribution in [2.45, 2.75) is 0 Å². The largest absolute Gasteiger partial charge is 0.384 e. The van der Waals surface area contributed by atoms with Crippen molar-refractivity contribution < 1.29 is 4.79 Å². The van der Waals surface area contributed by atoms with Gasteiger partial charge in [0.2, 0.25) is 0 Å². The van der Waals surface area contributed by atoms with Gasteiger partial charge >= 0.3 is 0 Å². The van der Waals surface area contributed by atoms with Gasteiger partial charge in [0.25, 0.3) is 5.91 Å². The average molecular weight is 287 g/mol. The lowest BCUT2D eigenvalue weighted by atomic mass is 10.2. The molecule has 0 fully saturated rings. The van der Waals surface area contributed by atoms with Crippen molar-refractivity contribution in [2.24, 2.45) is 0 Å². The Hall–Kier alpha value is -3.14. The molecule has 4 heteroatoms. The Bertz CT molecular complexity index is 1000. The van der Waals surface area contributed by atoms with Crippen LogP contribution in [-0.2, 0) is 0 Å². The SMILES string of the molecule is Nc1ccc2c3ccccc3n(C(=O)c3ccccc3)c2n1. The number of nitrogens with zero attached hydrogens (tertiary/aromatic N) is 2. The van der Waals surface area contributed by atoms with Crippen LogP contribution in [0.15, 0.2) is 66.7 Å². The molecule has 0 atom stereocenters. The van der Waals surface area contributed by atoms with E-state index in [1.54, 1.807) is 22.8 Å². The third-order valence-corrected chi connectivity index (χ3v) is 3.77. The first-order valence-electron chi connectivity index (χ1n) is 7.01. The van der Waals surface area contributed by atoms with Crippen LogP contribution in [0.2, 0.25) is 0 Å². The fourth-order valence-corrected chi connectivity index (χ4v) is 2.77. The summed E-state index contributed by atoms with van der Waals surface area (Å²) in [7, 11) is 0. The first-order valence-corrected chi connectivity index (χ1v) is 7.01. The van der Waals surface area contributed by atoms with Crippen LogP contribution in [0.3, 0.4) is 0 Å². The van der Waals surface area contributed by atoms with Gasteiger partial charge in [-0.1, -0.05) is 36.4 Å². The number of carbonyl (C=O) groups excluding carboxylic acids is 1. The highest BCUT2D eigenvalue weighted by Crippen LogP contribution is 2.29. The minimum absolute atomic E-state index is 0.107. The molecular formula is C18H13N3O. The van der Waals surface area contributed by atoms with Gasteiger partial charge < -0.3 is 5.73 Å². The van der Waals surface area contributed by atoms with E-state index >= 15 is 0 Å². The standard InChI is InChI=1S/C18H13N3O/c19-16-11-10-14-13-8-4-5-9-15(13)21(17(14)20-16)18(22)12-6-2-1-3-7-12/h1-11H,(H2,19,20). The Morgan fingerprint density at radius 3 is 2.41 bits per heavy atom. The van der Waals surface area contributed by atoms with Crippen LogP contribution in [0, 0.1) is 0 Å². The van der Waals surface area contributed by atoms with Crippen molar-refractivity contribution in [3.05, 3.63) is 72.3 Å². The number of pyridine rings is 1. The average Bonchev–Trinajstić information content (AvgIpc) is 2.88. The molecule has 4 aromatic rings. The summed E-state index contributed by atoms with van der Waals surface area (Å²) in [5.74, 6) is 0.294. The second-order valence-corrected chi connectivity index (χ2v) is 5.13. The number of rotatable bonds is 1. The van der Waals surface area contributed by atoms with E-state index in [0.717, 1.165) is 16.3 Å². The lowest BCUT2D eigenvalue weighted by Gasteiger charge is -2.05. The molecule has 0 saturated heterocycles. The van der Waals surface area contributed by atoms with E-state index in [2.05, 4.69) is 4.98 Å². The van der Waals surface area contributed by atoms with E-state index < -0.39 is 0 Å². The summed E-state index contributed by atoms with van der Waals surface area (Å²) < 4.78 is 1.64. The van der Waals surface area contributed by atoms with Gasteiger partial charge in [-0.15, -0.1) is 0 Å². The second kappa shape index (κ2) is 4.70. The summed E-state index contributed by atoms with van der Waals surface area (Å²) in [6.45, 7) is 0. The third-order valence-electron chi connectivity index (χ3n) is 3.77. The van der Waals surface area contributed by atoms with E-state index in [-0.39, 0.29) is 5.91 Å². The molecule has 2 aromatic carbocycles. The fourth-order valence-electron chi connectivity index (χ4n) is 2.77. The van der Waals surface area contributed by atoms with Gasteiger partial charge in [-0.05, 0) is 30.3 Å². The highest BCUT2D eigenvalue weighted by molar-refractivity contribution is 6.15. The van der Waals surface area contributed by atoms with Crippen molar-refractivity contribution in [2.75, 3.05) is 5.73 Å². The fraction of sp³-hybridized carbons (Fsp3) is 0. The molecule has 4 nitrogen and oxygen atoms in total. The van der Waals surface area contributed by atoms with Gasteiger partial charge in [0.15, 0.2) is 5.65 Å². The maximum absolute atomic E-state index is 12.9. The molecule has 106 valence electrons. The number of aromatic nitrogens is 2. The van der Waals surface area contributed by atoms with Crippen LogP contribution in [0.4, 0.5) is 5.82 Å². The zero-order chi connectivity index (χ0) is 15.1. The molecule has 0 aliphatic rings. The lowest BCUT2D eigenvalue weighted by Crippen LogP contribution is -2.12. The minimum Gasteiger partial charge on any atom is -0.384 e. The van der Waals surface area contributed by atoms with Gasteiger partial charge in [-0.2, -0.15) is 0 Å². The van der Waals surface area contributed by atoms with Crippen molar-refractivity contribution in [3.63, 3.8) is 0 Å². The molecule has 2 aromatic heterocycles. The number of fused-ring (bicyclic) bond motifs is 3. The molecule has 0 spiro atoms. The number of para-hydroxylation sites is 1. The highest BCUT2D eigenvalue weighted by atomic mass is 16.2. The van der Waals surface area contributed by atoms with E-state index in [0.29, 0.717) is 17.0 Å². The molecule has 2 heterocycles. The second-order valence-electron chi connectivity index (χ2n) is 5.13. The first kappa shape index (κ1) is 12.6. The molecule has 2 N–H and O–H groups in total. The van der Waals surface area contributed by atoms with Crippen molar-refractivity contribution in [1.82, 2.24) is 9.55 Å². The Morgan fingerprint density at radius 2 is 1.59 bits per heavy atom. The summed E-state index contributed by atoms with van der Waals surface area (Å²) in [5.41, 5.74) is 7.87. The minimum atomic E-state index is -0.107. The predicted molar refractivity (Wildman–Crippen MR) is 87.8 cm³/mol. The Kier molecular flexibility index (Phi) is 2.69. The number of nitrogens with two attached hydrogens (primary N) is 1. The number of nitrogen functional groups attached to an aromatic ring is 1. The summed E-state index contributed by atoms with van der Waals surface area (Å²) in [5, 5.41) is 1.92. The van der Waals surface area contributed by atoms with Gasteiger partial charge in [-0.25, -0.2) is 4.98 Å². The monoisotopic (exact) mass is 287 g/mol. The van der Waals surface area contributed by atoms with Crippen LogP contribution in [0.5, 0.6) is 0 Å². The molecule has 22 heavy (non-hydrogen) atoms. The molecule has 0 bridgehead atoms. The third kappa shape index (κ3) is 1.78. The van der Waals surface area contributed by atoms with Crippen molar-refractivity contribution in [3.8, 4) is 0 Å². The molecule has 0 aliphatic heterocycles. The Balaban J connectivity index is 2.10. The van der Waals surface area contributed by atoms with Gasteiger partial charge in [0, 0.05) is 16.3 Å². The zero-order valence-corrected chi connectivity index (χ0v) is 11.7. The van der Waals surface area contributed by atoms with Crippen LogP contribution >= 0.6 is 0 Å². The summed E-state index contributed by atoms with van der Waals surface area (Å²) in [4.78, 5) is 17.3. The molecule has 0 saturated carbocycles. The normalized spacial score (nSPS) is 11.1. The molecule has 0 radical (unpaired) electrons. The predicted octanol–water partition coefficient (Wildman–Crippen LogP) is 3.46. The summed E-state index contributed by atoms with van der Waals surface area (Å²) in [6.07, 6.45) is 0. The number of anilines is 1. The molecule has 0 unspecified atom stereocenters. The maximum atomic E-state index is 12.9.